The van der Waals surface area contributed by atoms with Crippen LogP contribution in [0.5, 0.6) is 17.2 Å². The van der Waals surface area contributed by atoms with Gasteiger partial charge < -0.3 is 19.5 Å². The minimum absolute atomic E-state index is 0.167. The summed E-state index contributed by atoms with van der Waals surface area (Å²) >= 11 is 12.6. The zero-order chi connectivity index (χ0) is 19.8. The highest BCUT2D eigenvalue weighted by Gasteiger charge is 2.21. The SMILES string of the molecule is Cc1ccc2c(Cl)cc(Cl)c(O[C@H](C)C(=O)Nc3ccc4c(c3)OCO4)c2n1. The number of hydrogen-bond donors (Lipinski definition) is 1. The van der Waals surface area contributed by atoms with Crippen molar-refractivity contribution < 1.29 is 19.0 Å². The van der Waals surface area contributed by atoms with E-state index in [1.807, 2.05) is 19.1 Å². The quantitative estimate of drug-likeness (QED) is 0.646. The Hall–Kier alpha value is -2.70. The van der Waals surface area contributed by atoms with Crippen LogP contribution in [0.1, 0.15) is 12.6 Å². The molecule has 4 rings (SSSR count). The zero-order valence-corrected chi connectivity index (χ0v) is 16.6. The molecule has 28 heavy (non-hydrogen) atoms. The maximum atomic E-state index is 12.6. The summed E-state index contributed by atoms with van der Waals surface area (Å²) in [5, 5.41) is 4.26. The number of benzene rings is 2. The van der Waals surface area contributed by atoms with Gasteiger partial charge in [-0.15, -0.1) is 0 Å². The van der Waals surface area contributed by atoms with E-state index in [9.17, 15) is 4.79 Å². The lowest BCUT2D eigenvalue weighted by molar-refractivity contribution is -0.122. The minimum Gasteiger partial charge on any atom is -0.477 e. The molecule has 1 aliphatic rings. The van der Waals surface area contributed by atoms with Gasteiger partial charge in [0.15, 0.2) is 23.4 Å². The number of aromatic nitrogens is 1. The van der Waals surface area contributed by atoms with Gasteiger partial charge in [-0.2, -0.15) is 0 Å². The lowest BCUT2D eigenvalue weighted by Crippen LogP contribution is -2.30. The number of aryl methyl sites for hydroxylation is 1. The topological polar surface area (TPSA) is 69.7 Å². The van der Waals surface area contributed by atoms with Crippen molar-refractivity contribution in [3.8, 4) is 17.2 Å². The van der Waals surface area contributed by atoms with Gasteiger partial charge >= 0.3 is 0 Å². The van der Waals surface area contributed by atoms with Crippen LogP contribution in [0.3, 0.4) is 0 Å². The smallest absolute Gasteiger partial charge is 0.265 e. The number of hydrogen-bond acceptors (Lipinski definition) is 5. The summed E-state index contributed by atoms with van der Waals surface area (Å²) in [4.78, 5) is 17.1. The highest BCUT2D eigenvalue weighted by Crippen LogP contribution is 2.38. The first kappa shape index (κ1) is 18.7. The molecule has 0 bridgehead atoms. The number of nitrogens with zero attached hydrogens (tertiary/aromatic N) is 1. The second kappa shape index (κ2) is 7.37. The Morgan fingerprint density at radius 3 is 2.75 bits per heavy atom. The van der Waals surface area contributed by atoms with Crippen LogP contribution in [0.4, 0.5) is 5.69 Å². The summed E-state index contributed by atoms with van der Waals surface area (Å²) in [6.07, 6.45) is -0.824. The molecule has 0 aliphatic carbocycles. The molecule has 0 saturated heterocycles. The van der Waals surface area contributed by atoms with Gasteiger partial charge in [0, 0.05) is 22.8 Å². The van der Waals surface area contributed by atoms with E-state index in [0.717, 1.165) is 5.69 Å². The van der Waals surface area contributed by atoms with Crippen molar-refractivity contribution in [2.24, 2.45) is 0 Å². The predicted octanol–water partition coefficient (Wildman–Crippen LogP) is 4.98. The third-order valence-corrected chi connectivity index (χ3v) is 4.87. The van der Waals surface area contributed by atoms with Crippen molar-refractivity contribution in [2.45, 2.75) is 20.0 Å². The molecule has 0 saturated carbocycles. The number of carbonyl (C=O) groups is 1. The van der Waals surface area contributed by atoms with Gasteiger partial charge in [-0.1, -0.05) is 23.2 Å². The number of pyridine rings is 1. The Kier molecular flexibility index (Phi) is 4.91. The molecule has 144 valence electrons. The van der Waals surface area contributed by atoms with Gasteiger partial charge in [0.2, 0.25) is 6.79 Å². The van der Waals surface area contributed by atoms with Crippen LogP contribution in [0, 0.1) is 6.92 Å². The molecule has 6 nitrogen and oxygen atoms in total. The molecule has 0 spiro atoms. The molecule has 2 heterocycles. The third-order valence-electron chi connectivity index (χ3n) is 4.28. The molecule has 8 heteroatoms. The van der Waals surface area contributed by atoms with Gasteiger partial charge in [0.25, 0.3) is 5.91 Å². The molecule has 1 N–H and O–H groups in total. The van der Waals surface area contributed by atoms with Gasteiger partial charge in [-0.05, 0) is 44.2 Å². The highest BCUT2D eigenvalue weighted by atomic mass is 35.5. The molecular formula is C20H16Cl2N2O4. The van der Waals surface area contributed by atoms with E-state index in [1.54, 1.807) is 31.2 Å². The average Bonchev–Trinajstić information content (AvgIpc) is 3.12. The van der Waals surface area contributed by atoms with Crippen molar-refractivity contribution in [1.29, 1.82) is 0 Å². The number of ether oxygens (including phenoxy) is 3. The average molecular weight is 419 g/mol. The number of amides is 1. The first-order valence-electron chi connectivity index (χ1n) is 8.55. The number of nitrogens with one attached hydrogen (secondary N) is 1. The van der Waals surface area contributed by atoms with Crippen LogP contribution < -0.4 is 19.5 Å². The van der Waals surface area contributed by atoms with E-state index in [2.05, 4.69) is 10.3 Å². The van der Waals surface area contributed by atoms with E-state index in [1.165, 1.54) is 0 Å². The van der Waals surface area contributed by atoms with Gasteiger partial charge in [-0.25, -0.2) is 4.98 Å². The Morgan fingerprint density at radius 1 is 1.14 bits per heavy atom. The monoisotopic (exact) mass is 418 g/mol. The third kappa shape index (κ3) is 3.53. The first-order valence-corrected chi connectivity index (χ1v) is 9.30. The molecule has 0 radical (unpaired) electrons. The molecule has 2 aromatic carbocycles. The normalized spacial score (nSPS) is 13.4. The van der Waals surface area contributed by atoms with Crippen molar-refractivity contribution >= 4 is 45.7 Å². The van der Waals surface area contributed by atoms with E-state index >= 15 is 0 Å². The summed E-state index contributed by atoms with van der Waals surface area (Å²) in [6, 6.07) is 10.4. The lowest BCUT2D eigenvalue weighted by atomic mass is 10.2. The number of rotatable bonds is 4. The Balaban J connectivity index is 1.57. The van der Waals surface area contributed by atoms with Gasteiger partial charge in [0.05, 0.1) is 10.0 Å². The summed E-state index contributed by atoms with van der Waals surface area (Å²) in [6.45, 7) is 3.66. The van der Waals surface area contributed by atoms with E-state index in [4.69, 9.17) is 37.4 Å². The summed E-state index contributed by atoms with van der Waals surface area (Å²) in [5.41, 5.74) is 1.87. The summed E-state index contributed by atoms with van der Waals surface area (Å²) < 4.78 is 16.5. The van der Waals surface area contributed by atoms with E-state index in [0.29, 0.717) is 43.9 Å². The van der Waals surface area contributed by atoms with Crippen LogP contribution in [0.2, 0.25) is 10.0 Å². The predicted molar refractivity (Wildman–Crippen MR) is 108 cm³/mol. The Labute approximate surface area is 171 Å². The van der Waals surface area contributed by atoms with Gasteiger partial charge in [0.1, 0.15) is 5.52 Å². The lowest BCUT2D eigenvalue weighted by Gasteiger charge is -2.17. The fraction of sp³-hybridized carbons (Fsp3) is 0.200. The molecule has 0 unspecified atom stereocenters. The van der Waals surface area contributed by atoms with Crippen LogP contribution in [0.15, 0.2) is 36.4 Å². The number of anilines is 1. The van der Waals surface area contributed by atoms with Crippen molar-refractivity contribution in [2.75, 3.05) is 12.1 Å². The highest BCUT2D eigenvalue weighted by molar-refractivity contribution is 6.39. The fourth-order valence-corrected chi connectivity index (χ4v) is 3.41. The number of halogens is 2. The molecular weight excluding hydrogens is 403 g/mol. The second-order valence-electron chi connectivity index (χ2n) is 6.34. The van der Waals surface area contributed by atoms with Crippen molar-refractivity contribution in [3.63, 3.8) is 0 Å². The summed E-state index contributed by atoms with van der Waals surface area (Å²) in [7, 11) is 0. The molecule has 1 aromatic heterocycles. The fourth-order valence-electron chi connectivity index (χ4n) is 2.85. The van der Waals surface area contributed by atoms with Crippen LogP contribution in [-0.2, 0) is 4.79 Å². The van der Waals surface area contributed by atoms with Crippen LogP contribution in [-0.4, -0.2) is 23.8 Å². The molecule has 0 fully saturated rings. The van der Waals surface area contributed by atoms with Gasteiger partial charge in [-0.3, -0.25) is 4.79 Å². The molecule has 1 amide bonds. The maximum Gasteiger partial charge on any atom is 0.265 e. The Morgan fingerprint density at radius 2 is 1.93 bits per heavy atom. The Bertz CT molecular complexity index is 1090. The standard InChI is InChI=1S/C20H16Cl2N2O4/c1-10-3-5-13-14(21)8-15(22)19(18(13)23-10)28-11(2)20(25)24-12-4-6-16-17(7-12)27-9-26-16/h3-8,11H,9H2,1-2H3,(H,24,25)/t11-/m1/s1. The molecule has 1 aliphatic heterocycles. The second-order valence-corrected chi connectivity index (χ2v) is 7.15. The minimum atomic E-state index is -0.824. The zero-order valence-electron chi connectivity index (χ0n) is 15.1. The van der Waals surface area contributed by atoms with E-state index in [-0.39, 0.29) is 12.7 Å². The van der Waals surface area contributed by atoms with Crippen LogP contribution in [0.25, 0.3) is 10.9 Å². The van der Waals surface area contributed by atoms with Crippen molar-refractivity contribution in [3.05, 3.63) is 52.1 Å². The van der Waals surface area contributed by atoms with Crippen molar-refractivity contribution in [1.82, 2.24) is 4.98 Å². The van der Waals surface area contributed by atoms with Crippen LogP contribution >= 0.6 is 23.2 Å². The molecule has 1 atom stereocenters. The number of carbonyl (C=O) groups excluding carboxylic acids is 1. The summed E-state index contributed by atoms with van der Waals surface area (Å²) in [5.74, 6) is 1.20. The first-order chi connectivity index (χ1) is 13.4. The molecule has 3 aromatic rings. The number of fused-ring (bicyclic) bond motifs is 2. The van der Waals surface area contributed by atoms with E-state index < -0.39 is 6.10 Å². The largest absolute Gasteiger partial charge is 0.477 e. The maximum absolute atomic E-state index is 12.6.